The van der Waals surface area contributed by atoms with E-state index in [1.165, 1.54) is 89.9 Å². The van der Waals surface area contributed by atoms with Gasteiger partial charge in [0.2, 0.25) is 0 Å². The van der Waals surface area contributed by atoms with Crippen molar-refractivity contribution >= 4 is 0 Å². The van der Waals surface area contributed by atoms with Gasteiger partial charge in [0, 0.05) is 0 Å². The summed E-state index contributed by atoms with van der Waals surface area (Å²) in [5.41, 5.74) is 1.18. The number of hydrogen-bond acceptors (Lipinski definition) is 0. The SMILES string of the molecule is C=CCCCC1CCC(C2CCC(c3ccc(CC/C=C/C4CCC(CCC)CC4)c(F)c3F)CC2)CC1. The molecular weight excluding hydrogens is 470 g/mol. The molecule has 212 valence electrons. The minimum absolute atomic E-state index is 0.188. The van der Waals surface area contributed by atoms with E-state index in [-0.39, 0.29) is 5.92 Å². The second-order valence-electron chi connectivity index (χ2n) is 13.1. The van der Waals surface area contributed by atoms with E-state index in [4.69, 9.17) is 0 Å². The minimum atomic E-state index is -0.590. The first-order valence-corrected chi connectivity index (χ1v) is 16.3. The Morgan fingerprint density at radius 3 is 2.05 bits per heavy atom. The van der Waals surface area contributed by atoms with Crippen molar-refractivity contribution < 1.29 is 8.78 Å². The lowest BCUT2D eigenvalue weighted by atomic mass is 9.68. The van der Waals surface area contributed by atoms with E-state index in [9.17, 15) is 0 Å². The van der Waals surface area contributed by atoms with Crippen LogP contribution in [0, 0.1) is 41.2 Å². The third-order valence-electron chi connectivity index (χ3n) is 10.6. The maximum Gasteiger partial charge on any atom is 0.162 e. The molecule has 3 fully saturated rings. The Hall–Kier alpha value is -1.44. The molecule has 38 heavy (non-hydrogen) atoms. The van der Waals surface area contributed by atoms with Gasteiger partial charge in [0.25, 0.3) is 0 Å². The average Bonchev–Trinajstić information content (AvgIpc) is 2.95. The van der Waals surface area contributed by atoms with Gasteiger partial charge < -0.3 is 0 Å². The van der Waals surface area contributed by atoms with E-state index in [1.54, 1.807) is 0 Å². The number of rotatable bonds is 12. The van der Waals surface area contributed by atoms with Crippen molar-refractivity contribution in [2.24, 2.45) is 29.6 Å². The Morgan fingerprint density at radius 1 is 0.763 bits per heavy atom. The Balaban J connectivity index is 1.20. The quantitative estimate of drug-likeness (QED) is 0.188. The number of allylic oxidation sites excluding steroid dienone is 3. The second-order valence-corrected chi connectivity index (χ2v) is 13.1. The van der Waals surface area contributed by atoms with E-state index in [0.29, 0.717) is 23.5 Å². The van der Waals surface area contributed by atoms with Gasteiger partial charge in [-0.05, 0) is 137 Å². The Morgan fingerprint density at radius 2 is 1.39 bits per heavy atom. The van der Waals surface area contributed by atoms with Crippen LogP contribution >= 0.6 is 0 Å². The topological polar surface area (TPSA) is 0 Å². The maximum atomic E-state index is 15.2. The molecule has 3 saturated carbocycles. The van der Waals surface area contributed by atoms with Crippen LogP contribution in [0.2, 0.25) is 0 Å². The van der Waals surface area contributed by atoms with Crippen LogP contribution in [0.15, 0.2) is 36.9 Å². The molecule has 0 bridgehead atoms. The average molecular weight is 525 g/mol. The molecule has 0 saturated heterocycles. The van der Waals surface area contributed by atoms with Crippen LogP contribution in [0.5, 0.6) is 0 Å². The normalized spacial score (nSPS) is 30.5. The Kier molecular flexibility index (Phi) is 12.0. The highest BCUT2D eigenvalue weighted by Crippen LogP contribution is 2.45. The van der Waals surface area contributed by atoms with Gasteiger partial charge in [-0.2, -0.15) is 0 Å². The van der Waals surface area contributed by atoms with Crippen molar-refractivity contribution in [3.8, 4) is 0 Å². The standard InChI is InChI=1S/C36H54F2/c1-3-5-6-10-29-17-19-30(20-18-29)31-21-23-32(24-22-31)34-26-25-33(35(37)36(34)38)12-8-7-11-28-15-13-27(9-4-2)14-16-28/h3,7,11,25-32H,1,4-6,8-10,12-24H2,2H3/b11-7+. The fraction of sp³-hybridized carbons (Fsp3) is 0.722. The van der Waals surface area contributed by atoms with Crippen molar-refractivity contribution in [2.75, 3.05) is 0 Å². The number of aryl methyl sites for hydroxylation is 1. The zero-order valence-corrected chi connectivity index (χ0v) is 24.2. The van der Waals surface area contributed by atoms with Gasteiger partial charge in [-0.3, -0.25) is 0 Å². The molecule has 3 aliphatic carbocycles. The van der Waals surface area contributed by atoms with Crippen molar-refractivity contribution in [3.05, 3.63) is 59.7 Å². The van der Waals surface area contributed by atoms with Gasteiger partial charge >= 0.3 is 0 Å². The van der Waals surface area contributed by atoms with E-state index in [1.807, 2.05) is 18.2 Å². The molecular formula is C36H54F2. The lowest BCUT2D eigenvalue weighted by molar-refractivity contribution is 0.155. The number of benzene rings is 1. The molecule has 1 aromatic rings. The molecule has 2 heteroatoms. The van der Waals surface area contributed by atoms with Gasteiger partial charge in [0.05, 0.1) is 0 Å². The zero-order valence-electron chi connectivity index (χ0n) is 24.2. The summed E-state index contributed by atoms with van der Waals surface area (Å²) in [5, 5.41) is 0. The predicted molar refractivity (Wildman–Crippen MR) is 158 cm³/mol. The molecule has 0 nitrogen and oxygen atoms in total. The first kappa shape index (κ1) is 29.5. The third kappa shape index (κ3) is 8.28. The molecule has 0 aliphatic heterocycles. The summed E-state index contributed by atoms with van der Waals surface area (Å²) in [5.74, 6) is 3.20. The first-order chi connectivity index (χ1) is 18.6. The summed E-state index contributed by atoms with van der Waals surface area (Å²) in [6.45, 7) is 6.13. The molecule has 0 aromatic heterocycles. The van der Waals surface area contributed by atoms with Gasteiger partial charge in [-0.1, -0.05) is 69.4 Å². The van der Waals surface area contributed by atoms with Crippen molar-refractivity contribution in [1.29, 1.82) is 0 Å². The largest absolute Gasteiger partial charge is 0.203 e. The molecule has 3 aliphatic rings. The summed E-state index contributed by atoms with van der Waals surface area (Å²) < 4.78 is 30.2. The Bertz CT molecular complexity index is 862. The summed E-state index contributed by atoms with van der Waals surface area (Å²) in [7, 11) is 0. The predicted octanol–water partition coefficient (Wildman–Crippen LogP) is 11.5. The molecule has 0 spiro atoms. The molecule has 0 amide bonds. The first-order valence-electron chi connectivity index (χ1n) is 16.3. The summed E-state index contributed by atoms with van der Waals surface area (Å²) >= 11 is 0. The zero-order chi connectivity index (χ0) is 26.7. The summed E-state index contributed by atoms with van der Waals surface area (Å²) in [4.78, 5) is 0. The molecule has 0 heterocycles. The summed E-state index contributed by atoms with van der Waals surface area (Å²) in [6.07, 6.45) is 29.7. The lowest BCUT2D eigenvalue weighted by Gasteiger charge is -2.38. The highest BCUT2D eigenvalue weighted by Gasteiger charge is 2.32. The second kappa shape index (κ2) is 15.4. The fourth-order valence-electron chi connectivity index (χ4n) is 8.12. The number of halogens is 2. The van der Waals surface area contributed by atoms with Gasteiger partial charge in [-0.25, -0.2) is 8.78 Å². The summed E-state index contributed by atoms with van der Waals surface area (Å²) in [6, 6.07) is 3.78. The highest BCUT2D eigenvalue weighted by molar-refractivity contribution is 5.30. The van der Waals surface area contributed by atoms with E-state index in [2.05, 4.69) is 25.7 Å². The monoisotopic (exact) mass is 524 g/mol. The van der Waals surface area contributed by atoms with Gasteiger partial charge in [0.15, 0.2) is 11.6 Å². The lowest BCUT2D eigenvalue weighted by Crippen LogP contribution is -2.25. The molecule has 0 radical (unpaired) electrons. The fourth-order valence-corrected chi connectivity index (χ4v) is 8.12. The van der Waals surface area contributed by atoms with Crippen molar-refractivity contribution in [2.45, 2.75) is 135 Å². The molecule has 0 atom stereocenters. The van der Waals surface area contributed by atoms with Gasteiger partial charge in [-0.15, -0.1) is 6.58 Å². The smallest absolute Gasteiger partial charge is 0.162 e. The maximum absolute atomic E-state index is 15.2. The number of hydrogen-bond donors (Lipinski definition) is 0. The van der Waals surface area contributed by atoms with Crippen molar-refractivity contribution in [3.63, 3.8) is 0 Å². The van der Waals surface area contributed by atoms with E-state index < -0.39 is 11.6 Å². The molecule has 0 unspecified atom stereocenters. The van der Waals surface area contributed by atoms with E-state index >= 15 is 8.78 Å². The van der Waals surface area contributed by atoms with E-state index in [0.717, 1.165) is 49.4 Å². The van der Waals surface area contributed by atoms with Gasteiger partial charge in [0.1, 0.15) is 0 Å². The van der Waals surface area contributed by atoms with Crippen molar-refractivity contribution in [1.82, 2.24) is 0 Å². The van der Waals surface area contributed by atoms with Crippen LogP contribution in [-0.2, 0) is 6.42 Å². The van der Waals surface area contributed by atoms with Crippen LogP contribution < -0.4 is 0 Å². The molecule has 1 aromatic carbocycles. The Labute approximate surface area is 232 Å². The molecule has 4 rings (SSSR count). The van der Waals surface area contributed by atoms with Crippen LogP contribution in [-0.4, -0.2) is 0 Å². The number of unbranched alkanes of at least 4 members (excludes halogenated alkanes) is 1. The molecule has 0 N–H and O–H groups in total. The third-order valence-corrected chi connectivity index (χ3v) is 10.6. The minimum Gasteiger partial charge on any atom is -0.203 e. The van der Waals surface area contributed by atoms with Crippen LogP contribution in [0.25, 0.3) is 0 Å². The highest BCUT2D eigenvalue weighted by atomic mass is 19.2. The van der Waals surface area contributed by atoms with Crippen LogP contribution in [0.4, 0.5) is 8.78 Å². The van der Waals surface area contributed by atoms with Crippen LogP contribution in [0.3, 0.4) is 0 Å². The van der Waals surface area contributed by atoms with Crippen LogP contribution in [0.1, 0.15) is 140 Å².